The molecule has 2 aromatic carbocycles. The fraction of sp³-hybridized carbons (Fsp3) is 0.273. The summed E-state index contributed by atoms with van der Waals surface area (Å²) in [4.78, 5) is 17.1. The highest BCUT2D eigenvalue weighted by atomic mass is 16.5. The zero-order chi connectivity index (χ0) is 19.7. The normalized spacial score (nSPS) is 15.9. The summed E-state index contributed by atoms with van der Waals surface area (Å²) in [6.45, 7) is 3.94. The molecule has 0 radical (unpaired) electrons. The van der Waals surface area contributed by atoms with Crippen molar-refractivity contribution in [2.45, 2.75) is 32.3 Å². The van der Waals surface area contributed by atoms with Crippen molar-refractivity contribution in [3.05, 3.63) is 66.1 Å². The largest absolute Gasteiger partial charge is 0.493 e. The van der Waals surface area contributed by atoms with Crippen LogP contribution in [0.2, 0.25) is 0 Å². The third kappa shape index (κ3) is 3.33. The van der Waals surface area contributed by atoms with E-state index >= 15 is 0 Å². The van der Waals surface area contributed by atoms with E-state index in [1.165, 1.54) is 0 Å². The average Bonchev–Trinajstić information content (AvgIpc) is 3.11. The molecule has 144 valence electrons. The minimum atomic E-state index is -0.144. The van der Waals surface area contributed by atoms with E-state index in [4.69, 9.17) is 9.47 Å². The Kier molecular flexibility index (Phi) is 4.77. The maximum atomic E-state index is 12.5. The maximum Gasteiger partial charge on any atom is 0.226 e. The molecule has 0 unspecified atom stereocenters. The van der Waals surface area contributed by atoms with Crippen molar-refractivity contribution in [3.63, 3.8) is 0 Å². The zero-order valence-corrected chi connectivity index (χ0v) is 16.2. The number of ether oxygens (including phenoxy) is 2. The van der Waals surface area contributed by atoms with Crippen molar-refractivity contribution < 1.29 is 14.3 Å². The van der Waals surface area contributed by atoms with Crippen molar-refractivity contribution in [2.75, 3.05) is 12.4 Å². The third-order valence-corrected chi connectivity index (χ3v) is 4.76. The first-order valence-electron chi connectivity index (χ1n) is 9.34. The predicted molar refractivity (Wildman–Crippen MR) is 107 cm³/mol. The molecule has 1 aromatic heterocycles. The molecule has 1 atom stereocenters. The van der Waals surface area contributed by atoms with Gasteiger partial charge in [-0.25, -0.2) is 4.98 Å². The smallest absolute Gasteiger partial charge is 0.226 e. The molecule has 0 saturated carbocycles. The lowest BCUT2D eigenvalue weighted by Gasteiger charge is -2.24. The molecule has 4 rings (SSSR count). The predicted octanol–water partition coefficient (Wildman–Crippen LogP) is 4.14. The second kappa shape index (κ2) is 7.38. The Bertz CT molecular complexity index is 996. The molecule has 3 aromatic rings. The van der Waals surface area contributed by atoms with Gasteiger partial charge in [-0.2, -0.15) is 0 Å². The highest BCUT2D eigenvalue weighted by Gasteiger charge is 2.31. The molecule has 1 amide bonds. The van der Waals surface area contributed by atoms with Gasteiger partial charge in [0.25, 0.3) is 0 Å². The van der Waals surface area contributed by atoms with Crippen LogP contribution in [-0.4, -0.2) is 28.7 Å². The number of nitrogens with one attached hydrogen (secondary N) is 1. The molecule has 0 saturated heterocycles. The third-order valence-electron chi connectivity index (χ3n) is 4.76. The van der Waals surface area contributed by atoms with Gasteiger partial charge in [-0.3, -0.25) is 9.36 Å². The lowest BCUT2D eigenvalue weighted by atomic mass is 9.89. The van der Waals surface area contributed by atoms with Gasteiger partial charge in [0.2, 0.25) is 5.91 Å². The van der Waals surface area contributed by atoms with E-state index in [0.717, 1.165) is 22.8 Å². The van der Waals surface area contributed by atoms with Crippen LogP contribution >= 0.6 is 0 Å². The number of nitrogens with zero attached hydrogens (tertiary/aromatic N) is 2. The lowest BCUT2D eigenvalue weighted by molar-refractivity contribution is -0.116. The van der Waals surface area contributed by atoms with Crippen LogP contribution in [0.15, 0.2) is 54.9 Å². The number of hydrogen-bond donors (Lipinski definition) is 1. The van der Waals surface area contributed by atoms with E-state index in [2.05, 4.69) is 10.3 Å². The second-order valence-electron chi connectivity index (χ2n) is 7.07. The number of para-hydroxylation sites is 1. The first-order chi connectivity index (χ1) is 13.6. The number of carbonyl (C=O) groups is 1. The molecule has 2 heterocycles. The number of rotatable bonds is 5. The van der Waals surface area contributed by atoms with Gasteiger partial charge in [-0.15, -0.1) is 0 Å². The number of aromatic nitrogens is 2. The molecule has 0 bridgehead atoms. The molecule has 1 aliphatic rings. The molecule has 0 fully saturated rings. The van der Waals surface area contributed by atoms with Crippen LogP contribution in [-0.2, 0) is 4.79 Å². The minimum absolute atomic E-state index is 0.0201. The van der Waals surface area contributed by atoms with E-state index < -0.39 is 0 Å². The number of anilines is 1. The first-order valence-corrected chi connectivity index (χ1v) is 9.34. The maximum absolute atomic E-state index is 12.5. The van der Waals surface area contributed by atoms with Crippen LogP contribution in [0.4, 0.5) is 5.82 Å². The highest BCUT2D eigenvalue weighted by Crippen LogP contribution is 2.40. The van der Waals surface area contributed by atoms with Crippen LogP contribution in [0, 0.1) is 0 Å². The number of fused-ring (bicyclic) bond motifs is 1. The monoisotopic (exact) mass is 377 g/mol. The van der Waals surface area contributed by atoms with Gasteiger partial charge in [-0.1, -0.05) is 24.3 Å². The molecule has 28 heavy (non-hydrogen) atoms. The van der Waals surface area contributed by atoms with Crippen molar-refractivity contribution in [3.8, 4) is 17.2 Å². The number of hydrogen-bond acceptors (Lipinski definition) is 4. The lowest BCUT2D eigenvalue weighted by Crippen LogP contribution is -2.25. The second-order valence-corrected chi connectivity index (χ2v) is 7.07. The number of benzene rings is 2. The minimum Gasteiger partial charge on any atom is -0.493 e. The van der Waals surface area contributed by atoms with Crippen molar-refractivity contribution >= 4 is 11.7 Å². The molecular weight excluding hydrogens is 354 g/mol. The summed E-state index contributed by atoms with van der Waals surface area (Å²) >= 11 is 0. The van der Waals surface area contributed by atoms with E-state index in [9.17, 15) is 4.79 Å². The Morgan fingerprint density at radius 1 is 1.14 bits per heavy atom. The summed E-state index contributed by atoms with van der Waals surface area (Å²) in [7, 11) is 1.62. The van der Waals surface area contributed by atoms with Gasteiger partial charge in [0, 0.05) is 18.0 Å². The Balaban J connectivity index is 1.77. The molecule has 1 aliphatic heterocycles. The van der Waals surface area contributed by atoms with E-state index in [1.807, 2.05) is 66.9 Å². The summed E-state index contributed by atoms with van der Waals surface area (Å²) in [5.41, 5.74) is 2.78. The van der Waals surface area contributed by atoms with E-state index in [1.54, 1.807) is 13.4 Å². The SMILES string of the molecule is COc1ccc([C@H]2CC(=O)Nc3c2ncn3-c2ccccc2)cc1OC(C)C. The first kappa shape index (κ1) is 18.1. The summed E-state index contributed by atoms with van der Waals surface area (Å²) < 4.78 is 13.2. The topological polar surface area (TPSA) is 65.4 Å². The van der Waals surface area contributed by atoms with Gasteiger partial charge in [0.15, 0.2) is 11.5 Å². The molecule has 6 nitrogen and oxygen atoms in total. The summed E-state index contributed by atoms with van der Waals surface area (Å²) in [5, 5.41) is 2.98. The van der Waals surface area contributed by atoms with Crippen LogP contribution in [0.1, 0.15) is 37.4 Å². The zero-order valence-electron chi connectivity index (χ0n) is 16.2. The van der Waals surface area contributed by atoms with E-state index in [0.29, 0.717) is 17.9 Å². The Morgan fingerprint density at radius 3 is 2.64 bits per heavy atom. The van der Waals surface area contributed by atoms with Gasteiger partial charge in [-0.05, 0) is 43.7 Å². The van der Waals surface area contributed by atoms with Crippen LogP contribution in [0.25, 0.3) is 5.69 Å². The number of methoxy groups -OCH3 is 1. The van der Waals surface area contributed by atoms with Crippen LogP contribution < -0.4 is 14.8 Å². The Morgan fingerprint density at radius 2 is 1.93 bits per heavy atom. The molecular formula is C22H23N3O3. The van der Waals surface area contributed by atoms with Crippen molar-refractivity contribution in [1.82, 2.24) is 9.55 Å². The van der Waals surface area contributed by atoms with Gasteiger partial charge in [0.05, 0.1) is 18.9 Å². The number of carbonyl (C=O) groups excluding carboxylic acids is 1. The highest BCUT2D eigenvalue weighted by molar-refractivity contribution is 5.94. The molecule has 6 heteroatoms. The Labute approximate surface area is 164 Å². The fourth-order valence-electron chi connectivity index (χ4n) is 3.52. The standard InChI is InChI=1S/C22H23N3O3/c1-14(2)28-19-11-15(9-10-18(19)27-3)17-12-20(26)24-22-21(17)23-13-25(22)16-7-5-4-6-8-16/h4-11,13-14,17H,12H2,1-3H3,(H,24,26)/t17-/m1/s1. The number of imidazole rings is 1. The summed E-state index contributed by atoms with van der Waals surface area (Å²) in [5.74, 6) is 1.89. The quantitative estimate of drug-likeness (QED) is 0.726. The number of amides is 1. The Hall–Kier alpha value is -3.28. The fourth-order valence-corrected chi connectivity index (χ4v) is 3.52. The molecule has 1 N–H and O–H groups in total. The van der Waals surface area contributed by atoms with Gasteiger partial charge < -0.3 is 14.8 Å². The molecule has 0 spiro atoms. The summed E-state index contributed by atoms with van der Waals surface area (Å²) in [6.07, 6.45) is 2.12. The van der Waals surface area contributed by atoms with Crippen molar-refractivity contribution in [2.24, 2.45) is 0 Å². The van der Waals surface area contributed by atoms with Crippen LogP contribution in [0.5, 0.6) is 11.5 Å². The van der Waals surface area contributed by atoms with E-state index in [-0.39, 0.29) is 17.9 Å². The summed E-state index contributed by atoms with van der Waals surface area (Å²) in [6, 6.07) is 15.7. The average molecular weight is 377 g/mol. The molecule has 0 aliphatic carbocycles. The van der Waals surface area contributed by atoms with Gasteiger partial charge >= 0.3 is 0 Å². The van der Waals surface area contributed by atoms with Crippen molar-refractivity contribution in [1.29, 1.82) is 0 Å². The van der Waals surface area contributed by atoms with Crippen LogP contribution in [0.3, 0.4) is 0 Å². The van der Waals surface area contributed by atoms with Gasteiger partial charge in [0.1, 0.15) is 12.1 Å².